The molecule has 5 nitrogen and oxygen atoms in total. The van der Waals surface area contributed by atoms with Gasteiger partial charge in [0.05, 0.1) is 0 Å². The zero-order valence-electron chi connectivity index (χ0n) is 10.2. The predicted molar refractivity (Wildman–Crippen MR) is 61.1 cm³/mol. The molecule has 0 aromatic rings. The van der Waals surface area contributed by atoms with E-state index in [-0.39, 0.29) is 5.41 Å². The summed E-state index contributed by atoms with van der Waals surface area (Å²) in [6.07, 6.45) is 1.90. The first-order valence-electron chi connectivity index (χ1n) is 5.66. The molecule has 0 aliphatic carbocycles. The Morgan fingerprint density at radius 1 is 1.25 bits per heavy atom. The number of likely N-dealkylation sites (tertiary alicyclic amines) is 1. The first-order valence-corrected chi connectivity index (χ1v) is 5.66. The van der Waals surface area contributed by atoms with Crippen molar-refractivity contribution >= 4 is 11.8 Å². The maximum Gasteiger partial charge on any atom is 0.323 e. The van der Waals surface area contributed by atoms with Gasteiger partial charge in [-0.25, -0.2) is 5.84 Å². The van der Waals surface area contributed by atoms with Crippen molar-refractivity contribution in [3.63, 3.8) is 0 Å². The summed E-state index contributed by atoms with van der Waals surface area (Å²) in [5.41, 5.74) is 2.14. The molecule has 0 radical (unpaired) electrons. The van der Waals surface area contributed by atoms with E-state index in [1.807, 2.05) is 5.43 Å². The van der Waals surface area contributed by atoms with E-state index in [2.05, 4.69) is 20.8 Å². The number of hydrogen-bond acceptors (Lipinski definition) is 3. The molecular formula is C11H21N3O2. The molecule has 0 aromatic heterocycles. The Kier molecular flexibility index (Phi) is 3.91. The fourth-order valence-electron chi connectivity index (χ4n) is 2.15. The van der Waals surface area contributed by atoms with Crippen molar-refractivity contribution in [2.75, 3.05) is 13.1 Å². The Morgan fingerprint density at radius 3 is 2.12 bits per heavy atom. The number of nitrogens with two attached hydrogens (primary N) is 1. The third-order valence-electron chi connectivity index (χ3n) is 3.33. The molecule has 0 unspecified atom stereocenters. The molecule has 1 rings (SSSR count). The van der Waals surface area contributed by atoms with Gasteiger partial charge in [0.15, 0.2) is 0 Å². The highest BCUT2D eigenvalue weighted by Crippen LogP contribution is 2.34. The number of nitrogens with zero attached hydrogens (tertiary/aromatic N) is 1. The lowest BCUT2D eigenvalue weighted by molar-refractivity contribution is -0.147. The average Bonchev–Trinajstić information content (AvgIpc) is 2.26. The quantitative estimate of drug-likeness (QED) is 0.270. The van der Waals surface area contributed by atoms with Crippen molar-refractivity contribution in [1.29, 1.82) is 0 Å². The van der Waals surface area contributed by atoms with Gasteiger partial charge in [0, 0.05) is 13.1 Å². The largest absolute Gasteiger partial charge is 0.334 e. The van der Waals surface area contributed by atoms with Gasteiger partial charge >= 0.3 is 11.8 Å². The molecule has 0 aromatic carbocycles. The Labute approximate surface area is 96.3 Å². The summed E-state index contributed by atoms with van der Waals surface area (Å²) in [4.78, 5) is 24.2. The van der Waals surface area contributed by atoms with Crippen LogP contribution < -0.4 is 11.3 Å². The second-order valence-electron chi connectivity index (χ2n) is 5.41. The normalized spacial score (nSPS) is 18.4. The van der Waals surface area contributed by atoms with E-state index in [0.717, 1.165) is 12.8 Å². The predicted octanol–water partition coefficient (Wildman–Crippen LogP) is 0.261. The van der Waals surface area contributed by atoms with Crippen LogP contribution in [0.5, 0.6) is 0 Å². The van der Waals surface area contributed by atoms with Crippen LogP contribution in [0.25, 0.3) is 0 Å². The van der Waals surface area contributed by atoms with Crippen LogP contribution in [0.15, 0.2) is 0 Å². The molecule has 1 aliphatic heterocycles. The standard InChI is InChI=1S/C11H21N3O2/c1-11(2,3)8-4-6-14(7-5-8)10(16)9(15)13-12/h8H,4-7,12H2,1-3H3,(H,13,15). The summed E-state index contributed by atoms with van der Waals surface area (Å²) >= 11 is 0. The Balaban J connectivity index is 2.49. The van der Waals surface area contributed by atoms with Crippen molar-refractivity contribution in [2.45, 2.75) is 33.6 Å². The molecule has 0 saturated carbocycles. The van der Waals surface area contributed by atoms with Gasteiger partial charge in [0.2, 0.25) is 0 Å². The summed E-state index contributed by atoms with van der Waals surface area (Å²) in [6, 6.07) is 0. The molecule has 1 heterocycles. The van der Waals surface area contributed by atoms with E-state index < -0.39 is 11.8 Å². The van der Waals surface area contributed by atoms with E-state index >= 15 is 0 Å². The van der Waals surface area contributed by atoms with Gasteiger partial charge in [-0.15, -0.1) is 0 Å². The van der Waals surface area contributed by atoms with E-state index in [1.165, 1.54) is 0 Å². The van der Waals surface area contributed by atoms with Crippen LogP contribution in [-0.4, -0.2) is 29.8 Å². The summed E-state index contributed by atoms with van der Waals surface area (Å²) in [6.45, 7) is 7.92. The molecule has 0 spiro atoms. The number of nitrogens with one attached hydrogen (secondary N) is 1. The zero-order valence-corrected chi connectivity index (χ0v) is 10.2. The Morgan fingerprint density at radius 2 is 1.75 bits per heavy atom. The number of rotatable bonds is 0. The minimum atomic E-state index is -0.728. The van der Waals surface area contributed by atoms with Gasteiger partial charge in [0.1, 0.15) is 0 Å². The Bertz CT molecular complexity index is 275. The molecule has 3 N–H and O–H groups in total. The fourth-order valence-corrected chi connectivity index (χ4v) is 2.15. The van der Waals surface area contributed by atoms with E-state index in [0.29, 0.717) is 19.0 Å². The molecule has 0 atom stereocenters. The van der Waals surface area contributed by atoms with Gasteiger partial charge in [-0.3, -0.25) is 15.0 Å². The van der Waals surface area contributed by atoms with Crippen molar-refractivity contribution in [2.24, 2.45) is 17.2 Å². The highest BCUT2D eigenvalue weighted by atomic mass is 16.2. The van der Waals surface area contributed by atoms with Crippen LogP contribution in [-0.2, 0) is 9.59 Å². The van der Waals surface area contributed by atoms with Gasteiger partial charge in [0.25, 0.3) is 0 Å². The van der Waals surface area contributed by atoms with Crippen LogP contribution >= 0.6 is 0 Å². The second kappa shape index (κ2) is 4.82. The topological polar surface area (TPSA) is 75.4 Å². The number of hydrazine groups is 1. The van der Waals surface area contributed by atoms with E-state index in [4.69, 9.17) is 5.84 Å². The monoisotopic (exact) mass is 227 g/mol. The van der Waals surface area contributed by atoms with Crippen molar-refractivity contribution in [3.05, 3.63) is 0 Å². The number of piperidine rings is 1. The van der Waals surface area contributed by atoms with Gasteiger partial charge in [-0.2, -0.15) is 0 Å². The minimum absolute atomic E-state index is 0.269. The molecule has 1 fully saturated rings. The molecule has 0 bridgehead atoms. The van der Waals surface area contributed by atoms with Crippen molar-refractivity contribution < 1.29 is 9.59 Å². The number of hydrogen-bond donors (Lipinski definition) is 2. The second-order valence-corrected chi connectivity index (χ2v) is 5.41. The third kappa shape index (κ3) is 2.95. The molecule has 1 saturated heterocycles. The number of carbonyl (C=O) groups excluding carboxylic acids is 2. The SMILES string of the molecule is CC(C)(C)C1CCN(C(=O)C(=O)NN)CC1. The summed E-state index contributed by atoms with van der Waals surface area (Å²) in [5.74, 6) is 4.29. The smallest absolute Gasteiger partial charge is 0.323 e. The molecule has 2 amide bonds. The molecule has 1 aliphatic rings. The minimum Gasteiger partial charge on any atom is -0.334 e. The zero-order chi connectivity index (χ0) is 12.3. The molecular weight excluding hydrogens is 206 g/mol. The lowest BCUT2D eigenvalue weighted by Gasteiger charge is -2.38. The lowest BCUT2D eigenvalue weighted by Crippen LogP contribution is -2.49. The summed E-state index contributed by atoms with van der Waals surface area (Å²) in [7, 11) is 0. The lowest BCUT2D eigenvalue weighted by atomic mass is 9.75. The van der Waals surface area contributed by atoms with Crippen LogP contribution in [0.2, 0.25) is 0 Å². The number of amides is 2. The maximum absolute atomic E-state index is 11.5. The highest BCUT2D eigenvalue weighted by molar-refractivity contribution is 6.34. The first-order chi connectivity index (χ1) is 7.36. The highest BCUT2D eigenvalue weighted by Gasteiger charge is 2.31. The summed E-state index contributed by atoms with van der Waals surface area (Å²) < 4.78 is 0. The molecule has 92 valence electrons. The molecule has 16 heavy (non-hydrogen) atoms. The average molecular weight is 227 g/mol. The maximum atomic E-state index is 11.5. The van der Waals surface area contributed by atoms with Crippen molar-refractivity contribution in [3.8, 4) is 0 Å². The van der Waals surface area contributed by atoms with Crippen LogP contribution in [0.1, 0.15) is 33.6 Å². The third-order valence-corrected chi connectivity index (χ3v) is 3.33. The van der Waals surface area contributed by atoms with E-state index in [1.54, 1.807) is 4.90 Å². The fraction of sp³-hybridized carbons (Fsp3) is 0.818. The van der Waals surface area contributed by atoms with Gasteiger partial charge in [-0.1, -0.05) is 20.8 Å². The Hall–Kier alpha value is -1.10. The van der Waals surface area contributed by atoms with Gasteiger partial charge < -0.3 is 4.90 Å². The first kappa shape index (κ1) is 13.0. The van der Waals surface area contributed by atoms with Crippen molar-refractivity contribution in [1.82, 2.24) is 10.3 Å². The molecule has 5 heteroatoms. The van der Waals surface area contributed by atoms with Crippen LogP contribution in [0.4, 0.5) is 0 Å². The van der Waals surface area contributed by atoms with E-state index in [9.17, 15) is 9.59 Å². The van der Waals surface area contributed by atoms with Crippen LogP contribution in [0, 0.1) is 11.3 Å². The number of carbonyl (C=O) groups is 2. The van der Waals surface area contributed by atoms with Gasteiger partial charge in [-0.05, 0) is 24.2 Å². The summed E-state index contributed by atoms with van der Waals surface area (Å²) in [5, 5.41) is 0. The van der Waals surface area contributed by atoms with Crippen LogP contribution in [0.3, 0.4) is 0 Å².